The summed E-state index contributed by atoms with van der Waals surface area (Å²) in [5.74, 6) is 2.18. The van der Waals surface area contributed by atoms with Crippen molar-refractivity contribution in [1.82, 2.24) is 19.7 Å². The Morgan fingerprint density at radius 2 is 2.10 bits per heavy atom. The summed E-state index contributed by atoms with van der Waals surface area (Å²) in [4.78, 5) is 9.39. The first-order valence-corrected chi connectivity index (χ1v) is 8.39. The fraction of sp³-hybridized carbons (Fsp3) is 0.533. The maximum atomic E-state index is 4.73. The van der Waals surface area contributed by atoms with Crippen molar-refractivity contribution in [2.24, 2.45) is 13.0 Å². The lowest BCUT2D eigenvalue weighted by atomic mass is 10.1. The van der Waals surface area contributed by atoms with Gasteiger partial charge in [-0.2, -0.15) is 5.10 Å². The van der Waals surface area contributed by atoms with Crippen LogP contribution in [0.3, 0.4) is 0 Å². The summed E-state index contributed by atoms with van der Waals surface area (Å²) in [6.45, 7) is 7.47. The predicted octanol–water partition coefficient (Wildman–Crippen LogP) is 3.50. The van der Waals surface area contributed by atoms with E-state index in [9.17, 15) is 0 Å². The first kappa shape index (κ1) is 16.2. The summed E-state index contributed by atoms with van der Waals surface area (Å²) >= 11 is 2.34. The molecule has 0 aliphatic rings. The quantitative estimate of drug-likeness (QED) is 0.756. The minimum Gasteiger partial charge on any atom is -0.369 e. The van der Waals surface area contributed by atoms with Crippen LogP contribution in [0.2, 0.25) is 0 Å². The smallest absolute Gasteiger partial charge is 0.182 e. The largest absolute Gasteiger partial charge is 0.369 e. The molecule has 5 nitrogen and oxygen atoms in total. The molecule has 0 amide bonds. The molecule has 2 aromatic heterocycles. The van der Waals surface area contributed by atoms with E-state index < -0.39 is 0 Å². The van der Waals surface area contributed by atoms with Gasteiger partial charge in [0.2, 0.25) is 0 Å². The summed E-state index contributed by atoms with van der Waals surface area (Å²) < 4.78 is 2.90. The van der Waals surface area contributed by atoms with E-state index in [1.807, 2.05) is 19.3 Å². The van der Waals surface area contributed by atoms with E-state index in [1.54, 1.807) is 4.68 Å². The molecule has 0 saturated heterocycles. The van der Waals surface area contributed by atoms with Gasteiger partial charge in [0.1, 0.15) is 11.5 Å². The number of anilines is 1. The molecule has 0 spiro atoms. The average molecular weight is 399 g/mol. The fourth-order valence-corrected chi connectivity index (χ4v) is 2.68. The normalized spacial score (nSPS) is 11.1. The van der Waals surface area contributed by atoms with Crippen LogP contribution in [0.1, 0.15) is 32.9 Å². The van der Waals surface area contributed by atoms with Crippen molar-refractivity contribution < 1.29 is 0 Å². The van der Waals surface area contributed by atoms with Gasteiger partial charge in [0.15, 0.2) is 5.82 Å². The van der Waals surface area contributed by atoms with Gasteiger partial charge in [-0.1, -0.05) is 20.8 Å². The molecule has 6 heteroatoms. The topological polar surface area (TPSA) is 55.6 Å². The second-order valence-corrected chi connectivity index (χ2v) is 6.63. The maximum Gasteiger partial charge on any atom is 0.182 e. The first-order valence-electron chi connectivity index (χ1n) is 7.31. The number of hydrogen-bond donors (Lipinski definition) is 1. The third kappa shape index (κ3) is 4.15. The van der Waals surface area contributed by atoms with Crippen molar-refractivity contribution in [1.29, 1.82) is 0 Å². The Bertz CT molecular complexity index is 606. The highest BCUT2D eigenvalue weighted by Gasteiger charge is 2.15. The van der Waals surface area contributed by atoms with Gasteiger partial charge in [-0.3, -0.25) is 4.68 Å². The molecule has 0 atom stereocenters. The molecule has 0 radical (unpaired) electrons. The van der Waals surface area contributed by atoms with E-state index in [-0.39, 0.29) is 0 Å². The molecule has 0 unspecified atom stereocenters. The SMILES string of the molecule is CCCNc1nc(-c2ccn(C)n2)nc(CC(C)C)c1I. The average Bonchev–Trinajstić information content (AvgIpc) is 2.86. The van der Waals surface area contributed by atoms with Crippen LogP contribution in [0.15, 0.2) is 12.3 Å². The number of aromatic nitrogens is 4. The molecule has 1 N–H and O–H groups in total. The number of nitrogens with zero attached hydrogens (tertiary/aromatic N) is 4. The van der Waals surface area contributed by atoms with Crippen LogP contribution in [0.4, 0.5) is 5.82 Å². The standard InChI is InChI=1S/C15H22IN5/c1-5-7-17-15-13(16)12(9-10(2)3)18-14(19-15)11-6-8-21(4)20-11/h6,8,10H,5,7,9H2,1-4H3,(H,17,18,19). The minimum absolute atomic E-state index is 0.559. The predicted molar refractivity (Wildman–Crippen MR) is 94.3 cm³/mol. The van der Waals surface area contributed by atoms with Crippen LogP contribution in [-0.2, 0) is 13.5 Å². The molecule has 0 aromatic carbocycles. The molecule has 0 aliphatic heterocycles. The Morgan fingerprint density at radius 3 is 2.67 bits per heavy atom. The maximum absolute atomic E-state index is 4.73. The second kappa shape index (κ2) is 7.20. The van der Waals surface area contributed by atoms with Crippen LogP contribution in [0.5, 0.6) is 0 Å². The summed E-state index contributed by atoms with van der Waals surface area (Å²) in [6, 6.07) is 1.95. The number of nitrogens with one attached hydrogen (secondary N) is 1. The van der Waals surface area contributed by atoms with Crippen molar-refractivity contribution in [3.05, 3.63) is 21.5 Å². The lowest BCUT2D eigenvalue weighted by molar-refractivity contribution is 0.632. The molecule has 0 fully saturated rings. The molecule has 0 bridgehead atoms. The lowest BCUT2D eigenvalue weighted by Crippen LogP contribution is -2.11. The van der Waals surface area contributed by atoms with E-state index in [0.29, 0.717) is 11.7 Å². The van der Waals surface area contributed by atoms with Crippen LogP contribution >= 0.6 is 22.6 Å². The van der Waals surface area contributed by atoms with Gasteiger partial charge in [-0.25, -0.2) is 9.97 Å². The summed E-state index contributed by atoms with van der Waals surface area (Å²) in [5.41, 5.74) is 1.92. The molecule has 0 saturated carbocycles. The Kier molecular flexibility index (Phi) is 5.55. The summed E-state index contributed by atoms with van der Waals surface area (Å²) in [6.07, 6.45) is 3.93. The van der Waals surface area contributed by atoms with Gasteiger partial charge < -0.3 is 5.32 Å². The van der Waals surface area contributed by atoms with Crippen molar-refractivity contribution in [2.75, 3.05) is 11.9 Å². The fourth-order valence-electron chi connectivity index (χ4n) is 2.02. The zero-order valence-electron chi connectivity index (χ0n) is 13.0. The van der Waals surface area contributed by atoms with Gasteiger partial charge >= 0.3 is 0 Å². The number of aryl methyl sites for hydroxylation is 1. The molecule has 114 valence electrons. The second-order valence-electron chi connectivity index (χ2n) is 5.56. The molecule has 2 rings (SSSR count). The van der Waals surface area contributed by atoms with Gasteiger partial charge in [-0.15, -0.1) is 0 Å². The van der Waals surface area contributed by atoms with Crippen LogP contribution in [0, 0.1) is 9.49 Å². The van der Waals surface area contributed by atoms with Crippen molar-refractivity contribution in [2.45, 2.75) is 33.6 Å². The molecular weight excluding hydrogens is 377 g/mol. The van der Waals surface area contributed by atoms with Crippen molar-refractivity contribution in [3.8, 4) is 11.5 Å². The van der Waals surface area contributed by atoms with Gasteiger partial charge in [0, 0.05) is 19.8 Å². The van der Waals surface area contributed by atoms with Crippen molar-refractivity contribution in [3.63, 3.8) is 0 Å². The summed E-state index contributed by atoms with van der Waals surface area (Å²) in [7, 11) is 1.90. The van der Waals surface area contributed by atoms with E-state index in [4.69, 9.17) is 4.98 Å². The van der Waals surface area contributed by atoms with Crippen LogP contribution < -0.4 is 5.32 Å². The van der Waals surface area contributed by atoms with Crippen molar-refractivity contribution >= 4 is 28.4 Å². The third-order valence-electron chi connectivity index (χ3n) is 3.01. The first-order chi connectivity index (χ1) is 10.0. The number of halogens is 1. The van der Waals surface area contributed by atoms with Gasteiger partial charge in [-0.05, 0) is 47.4 Å². The number of rotatable bonds is 6. The highest BCUT2D eigenvalue weighted by atomic mass is 127. The third-order valence-corrected chi connectivity index (χ3v) is 4.14. The zero-order valence-corrected chi connectivity index (χ0v) is 15.2. The van der Waals surface area contributed by atoms with Crippen LogP contribution in [-0.4, -0.2) is 26.3 Å². The molecule has 2 aromatic rings. The van der Waals surface area contributed by atoms with E-state index in [2.05, 4.69) is 58.8 Å². The Hall–Kier alpha value is -1.18. The minimum atomic E-state index is 0.559. The van der Waals surface area contributed by atoms with E-state index in [0.717, 1.165) is 40.2 Å². The molecule has 0 aliphatic carbocycles. The highest BCUT2D eigenvalue weighted by molar-refractivity contribution is 14.1. The molecule has 21 heavy (non-hydrogen) atoms. The van der Waals surface area contributed by atoms with Crippen LogP contribution in [0.25, 0.3) is 11.5 Å². The Morgan fingerprint density at radius 1 is 1.33 bits per heavy atom. The monoisotopic (exact) mass is 399 g/mol. The van der Waals surface area contributed by atoms with Gasteiger partial charge in [0.05, 0.1) is 9.26 Å². The van der Waals surface area contributed by atoms with E-state index >= 15 is 0 Å². The number of hydrogen-bond acceptors (Lipinski definition) is 4. The van der Waals surface area contributed by atoms with E-state index in [1.165, 1.54) is 0 Å². The molecule has 2 heterocycles. The van der Waals surface area contributed by atoms with Gasteiger partial charge in [0.25, 0.3) is 0 Å². The Labute approximate surface area is 139 Å². The Balaban J connectivity index is 2.44. The molecular formula is C15H22IN5. The zero-order chi connectivity index (χ0) is 15.4. The lowest BCUT2D eigenvalue weighted by Gasteiger charge is -2.13. The summed E-state index contributed by atoms with van der Waals surface area (Å²) in [5, 5.41) is 7.81. The highest BCUT2D eigenvalue weighted by Crippen LogP contribution is 2.25.